The van der Waals surface area contributed by atoms with Gasteiger partial charge in [-0.15, -0.1) is 10.2 Å². The maximum absolute atomic E-state index is 15.0. The lowest BCUT2D eigenvalue weighted by atomic mass is 9.88. The molecule has 8 nitrogen and oxygen atoms in total. The van der Waals surface area contributed by atoms with Crippen LogP contribution in [0.5, 0.6) is 5.75 Å². The summed E-state index contributed by atoms with van der Waals surface area (Å²) in [5.41, 5.74) is 1.52. The fourth-order valence-electron chi connectivity index (χ4n) is 4.31. The highest BCUT2D eigenvalue weighted by Gasteiger charge is 2.24. The van der Waals surface area contributed by atoms with E-state index < -0.39 is 0 Å². The highest BCUT2D eigenvalue weighted by atomic mass is 19.1. The number of benzene rings is 1. The van der Waals surface area contributed by atoms with Crippen molar-refractivity contribution in [2.75, 3.05) is 25.0 Å². The Labute approximate surface area is 185 Å². The first-order valence-corrected chi connectivity index (χ1v) is 11.0. The number of hydrogen-bond acceptors (Lipinski definition) is 6. The van der Waals surface area contributed by atoms with Gasteiger partial charge in [-0.1, -0.05) is 6.07 Å². The van der Waals surface area contributed by atoms with Gasteiger partial charge >= 0.3 is 0 Å². The van der Waals surface area contributed by atoms with Crippen LogP contribution in [0.3, 0.4) is 0 Å². The van der Waals surface area contributed by atoms with Crippen LogP contribution in [-0.2, 0) is 6.54 Å². The molecule has 0 unspecified atom stereocenters. The van der Waals surface area contributed by atoms with Crippen LogP contribution in [0.4, 0.5) is 10.2 Å². The van der Waals surface area contributed by atoms with Gasteiger partial charge in [0.05, 0.1) is 12.2 Å². The van der Waals surface area contributed by atoms with Gasteiger partial charge in [-0.2, -0.15) is 0 Å². The molecule has 166 valence electrons. The van der Waals surface area contributed by atoms with Crippen LogP contribution in [0.2, 0.25) is 0 Å². The molecule has 2 N–H and O–H groups in total. The van der Waals surface area contributed by atoms with Crippen molar-refractivity contribution >= 4 is 11.7 Å². The lowest BCUT2D eigenvalue weighted by molar-refractivity contribution is 0.102. The van der Waals surface area contributed by atoms with Gasteiger partial charge in [-0.05, 0) is 68.5 Å². The minimum atomic E-state index is -0.377. The van der Waals surface area contributed by atoms with E-state index in [0.717, 1.165) is 38.8 Å². The minimum absolute atomic E-state index is 0.0789. The van der Waals surface area contributed by atoms with E-state index in [2.05, 4.69) is 25.8 Å². The van der Waals surface area contributed by atoms with Crippen molar-refractivity contribution in [3.63, 3.8) is 0 Å². The maximum Gasteiger partial charge on any atom is 0.260 e. The Balaban J connectivity index is 1.52. The summed E-state index contributed by atoms with van der Waals surface area (Å²) in [5, 5.41) is 14.3. The maximum atomic E-state index is 15.0. The number of halogens is 1. The van der Waals surface area contributed by atoms with Crippen molar-refractivity contribution in [2.45, 2.75) is 38.1 Å². The number of rotatable bonds is 1. The fourth-order valence-corrected chi connectivity index (χ4v) is 4.31. The highest BCUT2D eigenvalue weighted by molar-refractivity contribution is 6.06. The summed E-state index contributed by atoms with van der Waals surface area (Å²) in [6.45, 7) is 2.77. The summed E-state index contributed by atoms with van der Waals surface area (Å²) >= 11 is 0. The first kappa shape index (κ1) is 20.6. The molecule has 4 heterocycles. The van der Waals surface area contributed by atoms with Gasteiger partial charge in [0, 0.05) is 12.6 Å². The molecule has 32 heavy (non-hydrogen) atoms. The van der Waals surface area contributed by atoms with Gasteiger partial charge in [0.15, 0.2) is 5.82 Å². The van der Waals surface area contributed by atoms with E-state index >= 15 is 4.39 Å². The number of ether oxygens (including phenoxy) is 1. The molecule has 0 spiro atoms. The normalized spacial score (nSPS) is 17.5. The molecule has 3 aromatic rings. The van der Waals surface area contributed by atoms with Crippen LogP contribution in [0.25, 0.3) is 11.5 Å². The Morgan fingerprint density at radius 1 is 1.16 bits per heavy atom. The minimum Gasteiger partial charge on any atom is -0.493 e. The molecule has 0 atom stereocenters. The zero-order valence-electron chi connectivity index (χ0n) is 17.7. The van der Waals surface area contributed by atoms with E-state index in [1.807, 2.05) is 16.7 Å². The standard InChI is InChI=1S/C23H25FN6O2/c24-18-13-20-17(12-16(18)15-6-8-25-9-7-15)23(31)28-21-5-3-4-19(27-21)22-29-26-14-30(22)10-1-2-11-32-20/h3-5,12-15,25H,1-2,6-11H2,(H,27,28,31). The van der Waals surface area contributed by atoms with Crippen molar-refractivity contribution in [3.8, 4) is 17.3 Å². The average Bonchev–Trinajstić information content (AvgIpc) is 3.28. The third-order valence-corrected chi connectivity index (χ3v) is 6.01. The molecule has 9 heteroatoms. The number of aromatic nitrogens is 4. The van der Waals surface area contributed by atoms with Crippen molar-refractivity contribution in [3.05, 3.63) is 53.6 Å². The third kappa shape index (κ3) is 4.20. The molecule has 2 bridgehead atoms. The molecule has 0 aliphatic carbocycles. The number of nitrogens with one attached hydrogen (secondary N) is 2. The molecule has 2 aliphatic rings. The molecular weight excluding hydrogens is 411 g/mol. The van der Waals surface area contributed by atoms with Crippen LogP contribution < -0.4 is 15.4 Å². The number of nitrogens with zero attached hydrogens (tertiary/aromatic N) is 4. The Hall–Kier alpha value is -3.33. The van der Waals surface area contributed by atoms with Crippen molar-refractivity contribution in [2.24, 2.45) is 0 Å². The smallest absolute Gasteiger partial charge is 0.260 e. The van der Waals surface area contributed by atoms with Crippen molar-refractivity contribution < 1.29 is 13.9 Å². The number of fused-ring (bicyclic) bond motifs is 5. The number of carbonyl (C=O) groups excluding carboxylic acids is 1. The first-order valence-electron chi connectivity index (χ1n) is 11.0. The van der Waals surface area contributed by atoms with Gasteiger partial charge in [-0.25, -0.2) is 9.37 Å². The predicted octanol–water partition coefficient (Wildman–Crippen LogP) is 3.37. The number of amides is 1. The molecule has 2 aromatic heterocycles. The Morgan fingerprint density at radius 3 is 2.91 bits per heavy atom. The molecular formula is C23H25FN6O2. The summed E-state index contributed by atoms with van der Waals surface area (Å²) in [4.78, 5) is 17.8. The fraction of sp³-hybridized carbons (Fsp3) is 0.391. The van der Waals surface area contributed by atoms with E-state index in [9.17, 15) is 4.79 Å². The number of aryl methyl sites for hydroxylation is 1. The molecule has 1 saturated heterocycles. The van der Waals surface area contributed by atoms with E-state index in [0.29, 0.717) is 41.6 Å². The lowest BCUT2D eigenvalue weighted by Gasteiger charge is -2.24. The third-order valence-electron chi connectivity index (χ3n) is 6.01. The Bertz CT molecular complexity index is 1130. The van der Waals surface area contributed by atoms with Crippen LogP contribution >= 0.6 is 0 Å². The summed E-state index contributed by atoms with van der Waals surface area (Å²) in [5.74, 6) is 0.677. The van der Waals surface area contributed by atoms with Crippen molar-refractivity contribution in [1.82, 2.24) is 25.1 Å². The monoisotopic (exact) mass is 436 g/mol. The average molecular weight is 436 g/mol. The van der Waals surface area contributed by atoms with Gasteiger partial charge in [-0.3, -0.25) is 4.79 Å². The topological polar surface area (TPSA) is 94.0 Å². The van der Waals surface area contributed by atoms with Gasteiger partial charge in [0.2, 0.25) is 0 Å². The second-order valence-electron chi connectivity index (χ2n) is 8.16. The molecule has 2 aliphatic heterocycles. The van der Waals surface area contributed by atoms with E-state index in [-0.39, 0.29) is 23.4 Å². The number of piperidine rings is 1. The van der Waals surface area contributed by atoms with Gasteiger partial charge in [0.1, 0.15) is 29.4 Å². The van der Waals surface area contributed by atoms with Crippen LogP contribution in [0.15, 0.2) is 36.7 Å². The molecule has 1 amide bonds. The molecule has 0 radical (unpaired) electrons. The largest absolute Gasteiger partial charge is 0.493 e. The van der Waals surface area contributed by atoms with E-state index in [1.165, 1.54) is 6.07 Å². The molecule has 1 fully saturated rings. The number of carbonyl (C=O) groups is 1. The van der Waals surface area contributed by atoms with Crippen LogP contribution in [-0.4, -0.2) is 45.4 Å². The van der Waals surface area contributed by atoms with Crippen molar-refractivity contribution in [1.29, 1.82) is 0 Å². The molecule has 5 rings (SSSR count). The lowest BCUT2D eigenvalue weighted by Crippen LogP contribution is -2.27. The van der Waals surface area contributed by atoms with Gasteiger partial charge < -0.3 is 19.9 Å². The van der Waals surface area contributed by atoms with E-state index in [1.54, 1.807) is 18.5 Å². The number of hydrogen-bond donors (Lipinski definition) is 2. The summed E-state index contributed by atoms with van der Waals surface area (Å²) in [6.07, 6.45) is 4.90. The van der Waals surface area contributed by atoms with E-state index in [4.69, 9.17) is 4.74 Å². The summed E-state index contributed by atoms with van der Waals surface area (Å²) in [7, 11) is 0. The quantitative estimate of drug-likeness (QED) is 0.608. The van der Waals surface area contributed by atoms with Crippen LogP contribution in [0.1, 0.15) is 47.5 Å². The van der Waals surface area contributed by atoms with Gasteiger partial charge in [0.25, 0.3) is 5.91 Å². The second-order valence-corrected chi connectivity index (χ2v) is 8.16. The zero-order chi connectivity index (χ0) is 21.9. The summed E-state index contributed by atoms with van der Waals surface area (Å²) < 4.78 is 22.8. The predicted molar refractivity (Wildman–Crippen MR) is 117 cm³/mol. The Morgan fingerprint density at radius 2 is 2.03 bits per heavy atom. The molecule has 0 saturated carbocycles. The SMILES string of the molecule is O=C1Nc2cccc(n2)-c2nncn2CCCCOc2cc(F)c(C3CCNCC3)cc21. The second kappa shape index (κ2) is 9.04. The first-order chi connectivity index (χ1) is 15.7. The number of anilines is 1. The number of pyridine rings is 1. The zero-order valence-corrected chi connectivity index (χ0v) is 17.7. The van der Waals surface area contributed by atoms with Crippen LogP contribution in [0, 0.1) is 5.82 Å². The highest BCUT2D eigenvalue weighted by Crippen LogP contribution is 2.33. The summed E-state index contributed by atoms with van der Waals surface area (Å²) in [6, 6.07) is 8.38. The molecule has 1 aromatic carbocycles. The Kier molecular flexibility index (Phi) is 5.81.